The van der Waals surface area contributed by atoms with Gasteiger partial charge in [-0.25, -0.2) is 9.59 Å². The van der Waals surface area contributed by atoms with Crippen LogP contribution in [0.15, 0.2) is 46.6 Å². The normalized spacial score (nSPS) is 28.0. The van der Waals surface area contributed by atoms with Crippen LogP contribution < -0.4 is 10.6 Å². The van der Waals surface area contributed by atoms with Crippen LogP contribution in [0.1, 0.15) is 19.3 Å². The van der Waals surface area contributed by atoms with Gasteiger partial charge in [0.05, 0.1) is 49.6 Å². The SMILES string of the molecule is COC(=O)C1=C(C(F)(F)F)C2C=CC1(CNC(=O)CCCC(=O)NCC13C=CC(O1)C(C(F)(F)F)=C3C(=O)OC)O2. The second-order valence-electron chi connectivity index (χ2n) is 9.54. The Labute approximate surface area is 228 Å². The van der Waals surface area contributed by atoms with Crippen molar-refractivity contribution < 1.29 is 64.5 Å². The van der Waals surface area contributed by atoms with Crippen LogP contribution in [0.5, 0.6) is 0 Å². The smallest absolute Gasteiger partial charge is 0.416 e. The maximum Gasteiger partial charge on any atom is 0.416 e. The highest BCUT2D eigenvalue weighted by Crippen LogP contribution is 2.50. The molecule has 4 heterocycles. The number of nitrogens with one attached hydrogen (secondary N) is 2. The van der Waals surface area contributed by atoms with E-state index in [1.165, 1.54) is 12.2 Å². The highest BCUT2D eigenvalue weighted by Gasteiger charge is 2.60. The van der Waals surface area contributed by atoms with Crippen molar-refractivity contribution in [2.24, 2.45) is 0 Å². The van der Waals surface area contributed by atoms with Gasteiger partial charge in [-0.05, 0) is 18.6 Å². The Hall–Kier alpha value is -3.66. The number of halogens is 6. The first-order valence-electron chi connectivity index (χ1n) is 12.2. The van der Waals surface area contributed by atoms with E-state index >= 15 is 0 Å². The van der Waals surface area contributed by atoms with Crippen LogP contribution in [0.4, 0.5) is 26.3 Å². The van der Waals surface area contributed by atoms with Crippen molar-refractivity contribution in [3.05, 3.63) is 46.6 Å². The predicted octanol–water partition coefficient (Wildman–Crippen LogP) is 1.87. The fraction of sp³-hybridized carbons (Fsp3) is 0.520. The lowest BCUT2D eigenvalue weighted by molar-refractivity contribution is -0.139. The molecule has 16 heteroatoms. The number of ether oxygens (including phenoxy) is 4. The minimum absolute atomic E-state index is 0.0443. The molecule has 0 aromatic carbocycles. The molecule has 10 nitrogen and oxygen atoms in total. The first kappa shape index (κ1) is 30.3. The number of alkyl halides is 6. The van der Waals surface area contributed by atoms with E-state index < -0.39 is 94.9 Å². The van der Waals surface area contributed by atoms with Crippen molar-refractivity contribution in [3.8, 4) is 0 Å². The van der Waals surface area contributed by atoms with Gasteiger partial charge in [0.15, 0.2) is 0 Å². The number of fused-ring (bicyclic) bond motifs is 4. The van der Waals surface area contributed by atoms with Gasteiger partial charge in [0.1, 0.15) is 23.4 Å². The first-order chi connectivity index (χ1) is 19.1. The maximum absolute atomic E-state index is 13.5. The fourth-order valence-electron chi connectivity index (χ4n) is 5.23. The van der Waals surface area contributed by atoms with Crippen LogP contribution in [-0.2, 0) is 38.1 Å². The molecular weight excluding hydrogens is 570 g/mol. The predicted molar refractivity (Wildman–Crippen MR) is 124 cm³/mol. The fourth-order valence-corrected chi connectivity index (χ4v) is 5.23. The van der Waals surface area contributed by atoms with Crippen molar-refractivity contribution >= 4 is 23.8 Å². The van der Waals surface area contributed by atoms with Crippen molar-refractivity contribution in [2.45, 2.75) is 55.0 Å². The first-order valence-corrected chi connectivity index (χ1v) is 12.2. The van der Waals surface area contributed by atoms with Crippen LogP contribution in [-0.4, -0.2) is 86.8 Å². The van der Waals surface area contributed by atoms with Gasteiger partial charge < -0.3 is 29.6 Å². The quantitative estimate of drug-likeness (QED) is 0.223. The van der Waals surface area contributed by atoms with Crippen LogP contribution in [0, 0.1) is 0 Å². The number of amides is 2. The maximum atomic E-state index is 13.5. The highest BCUT2D eigenvalue weighted by atomic mass is 19.4. The molecule has 224 valence electrons. The Morgan fingerprint density at radius 1 is 0.756 bits per heavy atom. The summed E-state index contributed by atoms with van der Waals surface area (Å²) in [6.07, 6.45) is -8.64. The van der Waals surface area contributed by atoms with Crippen LogP contribution in [0.2, 0.25) is 0 Å². The molecule has 0 saturated carbocycles. The summed E-state index contributed by atoms with van der Waals surface area (Å²) >= 11 is 0. The molecule has 4 rings (SSSR count). The van der Waals surface area contributed by atoms with E-state index in [2.05, 4.69) is 20.1 Å². The zero-order valence-electron chi connectivity index (χ0n) is 21.5. The monoisotopic (exact) mass is 594 g/mol. The molecule has 0 spiro atoms. The van der Waals surface area contributed by atoms with E-state index in [4.69, 9.17) is 9.47 Å². The van der Waals surface area contributed by atoms with E-state index in [-0.39, 0.29) is 19.3 Å². The van der Waals surface area contributed by atoms with Gasteiger partial charge in [0, 0.05) is 12.8 Å². The molecule has 4 atom stereocenters. The van der Waals surface area contributed by atoms with Gasteiger partial charge >= 0.3 is 24.3 Å². The molecule has 0 aliphatic carbocycles. The van der Waals surface area contributed by atoms with Crippen molar-refractivity contribution in [2.75, 3.05) is 27.3 Å². The van der Waals surface area contributed by atoms with Crippen LogP contribution in [0.3, 0.4) is 0 Å². The Morgan fingerprint density at radius 3 is 1.44 bits per heavy atom. The molecule has 0 fully saturated rings. The third kappa shape index (κ3) is 5.49. The molecule has 4 aliphatic heterocycles. The molecule has 0 radical (unpaired) electrons. The summed E-state index contributed by atoms with van der Waals surface area (Å²) < 4.78 is 101. The minimum atomic E-state index is -4.88. The molecular formula is C25H24F6N2O8. The largest absolute Gasteiger partial charge is 0.466 e. The molecule has 2 amide bonds. The molecule has 0 aromatic heterocycles. The number of rotatable bonds is 10. The Bertz CT molecular complexity index is 1190. The molecule has 2 N–H and O–H groups in total. The summed E-state index contributed by atoms with van der Waals surface area (Å²) in [7, 11) is 1.83. The molecule has 4 bridgehead atoms. The van der Waals surface area contributed by atoms with Crippen molar-refractivity contribution in [1.29, 1.82) is 0 Å². The van der Waals surface area contributed by atoms with E-state index in [1.54, 1.807) is 0 Å². The Morgan fingerprint density at radius 2 is 1.12 bits per heavy atom. The van der Waals surface area contributed by atoms with Crippen molar-refractivity contribution in [1.82, 2.24) is 10.6 Å². The third-order valence-electron chi connectivity index (χ3n) is 7.00. The summed E-state index contributed by atoms with van der Waals surface area (Å²) in [6, 6.07) is 0. The summed E-state index contributed by atoms with van der Waals surface area (Å²) in [6.45, 7) is -1.01. The van der Waals surface area contributed by atoms with Gasteiger partial charge in [-0.1, -0.05) is 12.2 Å². The average Bonchev–Trinajstić information content (AvgIpc) is 3.66. The average molecular weight is 594 g/mol. The molecule has 41 heavy (non-hydrogen) atoms. The Kier molecular flexibility index (Phi) is 7.86. The number of esters is 2. The van der Waals surface area contributed by atoms with Crippen LogP contribution >= 0.6 is 0 Å². The molecule has 0 aromatic rings. The standard InChI is InChI=1S/C25H24F6N2O8/c1-38-20(36)18-16(24(26,27)28)12-6-8-22(18,40-12)10-32-14(34)4-3-5-15(35)33-11-23-9-7-13(41-23)17(25(29,30)31)19(23)21(37)39-2/h6-9,12-13H,3-5,10-11H2,1-2H3,(H,32,34)(H,33,35). The highest BCUT2D eigenvalue weighted by molar-refractivity contribution is 5.95. The second kappa shape index (κ2) is 10.6. The lowest BCUT2D eigenvalue weighted by Gasteiger charge is -2.26. The van der Waals surface area contributed by atoms with Crippen LogP contribution in [0.25, 0.3) is 0 Å². The van der Waals surface area contributed by atoms with E-state index in [9.17, 15) is 45.5 Å². The van der Waals surface area contributed by atoms with Gasteiger partial charge in [0.2, 0.25) is 11.8 Å². The molecule has 4 unspecified atom stereocenters. The number of carbonyl (C=O) groups is 4. The second-order valence-corrected chi connectivity index (χ2v) is 9.54. The molecule has 4 aliphatic rings. The lowest BCUT2D eigenvalue weighted by Crippen LogP contribution is -2.45. The van der Waals surface area contributed by atoms with E-state index in [1.807, 2.05) is 0 Å². The zero-order chi connectivity index (χ0) is 30.4. The lowest BCUT2D eigenvalue weighted by atomic mass is 9.86. The number of hydrogen-bond acceptors (Lipinski definition) is 8. The summed E-state index contributed by atoms with van der Waals surface area (Å²) in [5, 5.41) is 4.78. The topological polar surface area (TPSA) is 129 Å². The number of carbonyl (C=O) groups excluding carboxylic acids is 4. The van der Waals surface area contributed by atoms with Gasteiger partial charge in [0.25, 0.3) is 0 Å². The summed E-state index contributed by atoms with van der Waals surface area (Å²) in [4.78, 5) is 49.0. The van der Waals surface area contributed by atoms with Gasteiger partial charge in [-0.3, -0.25) is 9.59 Å². The Balaban J connectivity index is 1.30. The van der Waals surface area contributed by atoms with Gasteiger partial charge in [-0.2, -0.15) is 26.3 Å². The summed E-state index contributed by atoms with van der Waals surface area (Å²) in [5.74, 6) is -3.83. The minimum Gasteiger partial charge on any atom is -0.466 e. The van der Waals surface area contributed by atoms with Gasteiger partial charge in [-0.15, -0.1) is 0 Å². The number of methoxy groups -OCH3 is 2. The van der Waals surface area contributed by atoms with Crippen molar-refractivity contribution in [3.63, 3.8) is 0 Å². The zero-order valence-corrected chi connectivity index (χ0v) is 21.5. The summed E-state index contributed by atoms with van der Waals surface area (Å²) in [5.41, 5.74) is -7.68. The molecule has 0 saturated heterocycles. The van der Waals surface area contributed by atoms with E-state index in [0.717, 1.165) is 26.4 Å². The third-order valence-corrected chi connectivity index (χ3v) is 7.00. The number of hydrogen-bond donors (Lipinski definition) is 2. The van der Waals surface area contributed by atoms with E-state index in [0.29, 0.717) is 0 Å².